The average Bonchev–Trinajstić information content (AvgIpc) is 3.32. The summed E-state index contributed by atoms with van der Waals surface area (Å²) < 4.78 is 39.6. The molecule has 1 saturated heterocycles. The summed E-state index contributed by atoms with van der Waals surface area (Å²) in [6.45, 7) is 1.34. The van der Waals surface area contributed by atoms with Gasteiger partial charge in [-0.2, -0.15) is 13.2 Å². The molecule has 5 aliphatic rings. The lowest BCUT2D eigenvalue weighted by atomic mass is 9.59. The van der Waals surface area contributed by atoms with Crippen LogP contribution in [0.2, 0.25) is 0 Å². The molecule has 0 spiro atoms. The Hall–Kier alpha value is -1.85. The lowest BCUT2D eigenvalue weighted by Gasteiger charge is -2.42. The third kappa shape index (κ3) is 1.88. The fourth-order valence-corrected chi connectivity index (χ4v) is 5.95. The first-order chi connectivity index (χ1) is 11.8. The van der Waals surface area contributed by atoms with Crippen LogP contribution in [-0.4, -0.2) is 11.8 Å². The van der Waals surface area contributed by atoms with Crippen molar-refractivity contribution in [3.63, 3.8) is 0 Å². The van der Waals surface area contributed by atoms with E-state index in [4.69, 9.17) is 0 Å². The number of fused-ring (bicyclic) bond motifs is 1. The van der Waals surface area contributed by atoms with E-state index >= 15 is 0 Å². The maximum absolute atomic E-state index is 13.2. The van der Waals surface area contributed by atoms with Crippen molar-refractivity contribution in [3.05, 3.63) is 29.3 Å². The van der Waals surface area contributed by atoms with Gasteiger partial charge in [0.2, 0.25) is 11.8 Å². The van der Waals surface area contributed by atoms with Crippen molar-refractivity contribution >= 4 is 17.5 Å². The van der Waals surface area contributed by atoms with E-state index in [0.29, 0.717) is 11.8 Å². The van der Waals surface area contributed by atoms with Gasteiger partial charge in [0.15, 0.2) is 0 Å². The van der Waals surface area contributed by atoms with E-state index in [1.54, 1.807) is 0 Å². The first kappa shape index (κ1) is 15.4. The van der Waals surface area contributed by atoms with Crippen LogP contribution in [0.25, 0.3) is 0 Å². The highest BCUT2D eigenvalue weighted by Crippen LogP contribution is 2.68. The van der Waals surface area contributed by atoms with E-state index in [-0.39, 0.29) is 46.7 Å². The molecule has 1 aliphatic heterocycles. The minimum atomic E-state index is -4.50. The van der Waals surface area contributed by atoms with Gasteiger partial charge in [-0.25, -0.2) is 4.90 Å². The zero-order chi connectivity index (χ0) is 17.7. The Kier molecular flexibility index (Phi) is 2.87. The van der Waals surface area contributed by atoms with Crippen molar-refractivity contribution in [2.45, 2.75) is 32.4 Å². The molecule has 6 heteroatoms. The summed E-state index contributed by atoms with van der Waals surface area (Å²) in [5.41, 5.74) is -0.730. The predicted molar refractivity (Wildman–Crippen MR) is 83.5 cm³/mol. The molecule has 1 aromatic rings. The molecule has 2 amide bonds. The van der Waals surface area contributed by atoms with Gasteiger partial charge in [0.1, 0.15) is 0 Å². The normalized spacial score (nSPS) is 38.8. The summed E-state index contributed by atoms with van der Waals surface area (Å²) in [4.78, 5) is 27.1. The van der Waals surface area contributed by atoms with Gasteiger partial charge in [0.25, 0.3) is 0 Å². The number of hydrogen-bond acceptors (Lipinski definition) is 2. The standard InChI is InChI=1S/C19H18F3NO2/c1-8-13(19(20,21)22)3-2-4-14(8)23-17(24)15-9-5-6-10(12-7-11(9)12)16(15)18(23)25/h2-4,9-12,15-16H,5-7H2,1H3/t9-,10-,11-,12+,15?,16?/m0/s1. The van der Waals surface area contributed by atoms with Gasteiger partial charge in [-0.05, 0) is 67.6 Å². The van der Waals surface area contributed by atoms with Crippen LogP contribution in [0.4, 0.5) is 18.9 Å². The molecular weight excluding hydrogens is 331 g/mol. The molecular formula is C19H18F3NO2. The first-order valence-corrected chi connectivity index (χ1v) is 8.85. The van der Waals surface area contributed by atoms with E-state index in [2.05, 4.69) is 0 Å². The number of carbonyl (C=O) groups is 2. The number of nitrogens with zero attached hydrogens (tertiary/aromatic N) is 1. The minimum Gasteiger partial charge on any atom is -0.274 e. The van der Waals surface area contributed by atoms with Gasteiger partial charge in [-0.15, -0.1) is 0 Å². The molecule has 1 heterocycles. The summed E-state index contributed by atoms with van der Waals surface area (Å²) >= 11 is 0. The number of hydrogen-bond donors (Lipinski definition) is 0. The smallest absolute Gasteiger partial charge is 0.274 e. The Labute approximate surface area is 143 Å². The number of halogens is 3. The molecule has 4 aliphatic carbocycles. The summed E-state index contributed by atoms with van der Waals surface area (Å²) in [6, 6.07) is 3.73. The molecule has 132 valence electrons. The van der Waals surface area contributed by atoms with Crippen molar-refractivity contribution in [1.29, 1.82) is 0 Å². The summed E-state index contributed by atoms with van der Waals surface area (Å²) in [6.07, 6.45) is -1.44. The highest BCUT2D eigenvalue weighted by molar-refractivity contribution is 6.22. The Balaban J connectivity index is 1.58. The number of rotatable bonds is 1. The maximum atomic E-state index is 13.2. The fourth-order valence-electron chi connectivity index (χ4n) is 5.95. The predicted octanol–water partition coefficient (Wildman–Crippen LogP) is 3.80. The Morgan fingerprint density at radius 3 is 2.04 bits per heavy atom. The monoisotopic (exact) mass is 349 g/mol. The van der Waals surface area contributed by atoms with Crippen molar-refractivity contribution in [1.82, 2.24) is 0 Å². The quantitative estimate of drug-likeness (QED) is 0.724. The second kappa shape index (κ2) is 4.65. The summed E-state index contributed by atoms with van der Waals surface area (Å²) in [5, 5.41) is 0. The average molecular weight is 349 g/mol. The fraction of sp³-hybridized carbons (Fsp3) is 0.579. The molecule has 0 aromatic heterocycles. The molecule has 2 unspecified atom stereocenters. The first-order valence-electron chi connectivity index (χ1n) is 8.85. The zero-order valence-corrected chi connectivity index (χ0v) is 13.7. The van der Waals surface area contributed by atoms with Crippen LogP contribution in [0.15, 0.2) is 18.2 Å². The number of alkyl halides is 3. The van der Waals surface area contributed by atoms with E-state index in [1.807, 2.05) is 0 Å². The molecule has 1 aromatic carbocycles. The molecule has 25 heavy (non-hydrogen) atoms. The maximum Gasteiger partial charge on any atom is 0.416 e. The molecule has 0 radical (unpaired) electrons. The SMILES string of the molecule is Cc1c(N2C(=O)C3C(C2=O)[C@H]2CC[C@H]3[C@@H]3C[C@@H]32)cccc1C(F)(F)F. The molecule has 5 fully saturated rings. The van der Waals surface area contributed by atoms with Crippen molar-refractivity contribution < 1.29 is 22.8 Å². The van der Waals surface area contributed by atoms with Crippen LogP contribution in [0.3, 0.4) is 0 Å². The van der Waals surface area contributed by atoms with Gasteiger partial charge in [0, 0.05) is 0 Å². The lowest BCUT2D eigenvalue weighted by Crippen LogP contribution is -2.43. The van der Waals surface area contributed by atoms with Crippen molar-refractivity contribution in [2.75, 3.05) is 4.90 Å². The van der Waals surface area contributed by atoms with E-state index in [0.717, 1.165) is 30.2 Å². The molecule has 6 rings (SSSR count). The molecule has 3 nitrogen and oxygen atoms in total. The van der Waals surface area contributed by atoms with Gasteiger partial charge >= 0.3 is 6.18 Å². The number of anilines is 1. The number of imide groups is 1. The molecule has 6 atom stereocenters. The van der Waals surface area contributed by atoms with Crippen molar-refractivity contribution in [2.24, 2.45) is 35.5 Å². The molecule has 0 N–H and O–H groups in total. The third-order valence-corrected chi connectivity index (χ3v) is 7.00. The Morgan fingerprint density at radius 1 is 0.960 bits per heavy atom. The second-order valence-corrected chi connectivity index (χ2v) is 7.98. The lowest BCUT2D eigenvalue weighted by molar-refractivity contribution is -0.138. The third-order valence-electron chi connectivity index (χ3n) is 7.00. The van der Waals surface area contributed by atoms with Crippen LogP contribution in [-0.2, 0) is 15.8 Å². The number of benzene rings is 1. The van der Waals surface area contributed by atoms with Gasteiger partial charge < -0.3 is 0 Å². The number of carbonyl (C=O) groups excluding carboxylic acids is 2. The topological polar surface area (TPSA) is 37.4 Å². The van der Waals surface area contributed by atoms with Crippen LogP contribution >= 0.6 is 0 Å². The second-order valence-electron chi connectivity index (χ2n) is 7.98. The van der Waals surface area contributed by atoms with E-state index in [1.165, 1.54) is 19.1 Å². The van der Waals surface area contributed by atoms with Gasteiger partial charge in [-0.3, -0.25) is 9.59 Å². The molecule has 4 saturated carbocycles. The van der Waals surface area contributed by atoms with E-state index in [9.17, 15) is 22.8 Å². The van der Waals surface area contributed by atoms with Crippen LogP contribution in [0.5, 0.6) is 0 Å². The Bertz CT molecular complexity index is 768. The highest BCUT2D eigenvalue weighted by atomic mass is 19.4. The van der Waals surface area contributed by atoms with Gasteiger partial charge in [0.05, 0.1) is 23.1 Å². The van der Waals surface area contributed by atoms with Gasteiger partial charge in [-0.1, -0.05) is 6.07 Å². The van der Waals surface area contributed by atoms with Crippen LogP contribution in [0, 0.1) is 42.4 Å². The van der Waals surface area contributed by atoms with E-state index < -0.39 is 11.7 Å². The summed E-state index contributed by atoms with van der Waals surface area (Å²) in [7, 11) is 0. The highest BCUT2D eigenvalue weighted by Gasteiger charge is 2.68. The number of amides is 2. The Morgan fingerprint density at radius 2 is 1.52 bits per heavy atom. The van der Waals surface area contributed by atoms with Crippen LogP contribution in [0.1, 0.15) is 30.4 Å². The summed E-state index contributed by atoms with van der Waals surface area (Å²) in [5.74, 6) is 0.404. The molecule has 2 bridgehead atoms. The van der Waals surface area contributed by atoms with Crippen LogP contribution < -0.4 is 4.90 Å². The minimum absolute atomic E-state index is 0.0483. The zero-order valence-electron chi connectivity index (χ0n) is 13.7. The van der Waals surface area contributed by atoms with Crippen molar-refractivity contribution in [3.8, 4) is 0 Å². The largest absolute Gasteiger partial charge is 0.416 e.